The first-order chi connectivity index (χ1) is 24.7. The highest BCUT2D eigenvalue weighted by Crippen LogP contribution is 2.38. The van der Waals surface area contributed by atoms with Gasteiger partial charge < -0.3 is 0 Å². The Kier molecular flexibility index (Phi) is 6.46. The van der Waals surface area contributed by atoms with Gasteiger partial charge in [-0.2, -0.15) is 0 Å². The van der Waals surface area contributed by atoms with Gasteiger partial charge in [-0.3, -0.25) is 4.98 Å². The zero-order valence-corrected chi connectivity index (χ0v) is 27.0. The second kappa shape index (κ2) is 11.4. The van der Waals surface area contributed by atoms with Crippen LogP contribution in [0.4, 0.5) is 0 Å². The lowest BCUT2D eigenvalue weighted by Gasteiger charge is -2.13. The number of fused-ring (bicyclic) bond motifs is 7. The summed E-state index contributed by atoms with van der Waals surface area (Å²) in [7, 11) is 0. The molecule has 10 aromatic rings. The Morgan fingerprint density at radius 1 is 0.300 bits per heavy atom. The molecule has 2 heterocycles. The highest BCUT2D eigenvalue weighted by Gasteiger charge is 2.16. The molecule has 0 saturated carbocycles. The first kappa shape index (κ1) is 28.3. The number of rotatable bonds is 4. The van der Waals surface area contributed by atoms with Crippen LogP contribution in [-0.2, 0) is 0 Å². The summed E-state index contributed by atoms with van der Waals surface area (Å²) >= 11 is 0. The van der Waals surface area contributed by atoms with Gasteiger partial charge >= 0.3 is 0 Å². The molecule has 0 atom stereocenters. The smallest absolute Gasteiger partial charge is 0.164 e. The van der Waals surface area contributed by atoms with Crippen molar-refractivity contribution in [2.45, 2.75) is 0 Å². The topological polar surface area (TPSA) is 51.6 Å². The van der Waals surface area contributed by atoms with Crippen LogP contribution in [-0.4, -0.2) is 19.9 Å². The zero-order chi connectivity index (χ0) is 33.0. The summed E-state index contributed by atoms with van der Waals surface area (Å²) in [5.41, 5.74) is 4.94. The first-order valence-corrected chi connectivity index (χ1v) is 16.8. The molecule has 0 radical (unpaired) electrons. The summed E-state index contributed by atoms with van der Waals surface area (Å²) in [5, 5.41) is 11.9. The van der Waals surface area contributed by atoms with E-state index in [1.165, 1.54) is 37.7 Å². The first-order valence-electron chi connectivity index (χ1n) is 16.8. The monoisotopic (exact) mass is 636 g/mol. The summed E-state index contributed by atoms with van der Waals surface area (Å²) in [6.45, 7) is 0. The Bertz CT molecular complexity index is 2850. The van der Waals surface area contributed by atoms with Crippen molar-refractivity contribution in [3.8, 4) is 45.3 Å². The Hall–Kier alpha value is -6.78. The van der Waals surface area contributed by atoms with Gasteiger partial charge in [0, 0.05) is 45.4 Å². The molecule has 0 aliphatic carbocycles. The van der Waals surface area contributed by atoms with Crippen molar-refractivity contribution in [1.82, 2.24) is 19.9 Å². The number of pyridine rings is 1. The van der Waals surface area contributed by atoms with Crippen LogP contribution < -0.4 is 0 Å². The molecule has 0 saturated heterocycles. The van der Waals surface area contributed by atoms with Crippen molar-refractivity contribution in [3.63, 3.8) is 0 Å². The molecule has 8 aromatic carbocycles. The van der Waals surface area contributed by atoms with E-state index in [0.717, 1.165) is 44.0 Å². The Balaban J connectivity index is 1.17. The Labute approximate surface area is 288 Å². The number of aromatic nitrogens is 4. The molecular weight excluding hydrogens is 609 g/mol. The average molecular weight is 637 g/mol. The molecule has 0 aliphatic heterocycles. The molecule has 0 amide bonds. The maximum Gasteiger partial charge on any atom is 0.164 e. The molecule has 4 heteroatoms. The van der Waals surface area contributed by atoms with Crippen LogP contribution in [0.15, 0.2) is 170 Å². The van der Waals surface area contributed by atoms with Crippen LogP contribution in [0, 0.1) is 0 Å². The highest BCUT2D eigenvalue weighted by atomic mass is 15.0. The maximum atomic E-state index is 5.11. The van der Waals surface area contributed by atoms with Gasteiger partial charge in [0.25, 0.3) is 0 Å². The van der Waals surface area contributed by atoms with E-state index in [9.17, 15) is 0 Å². The SMILES string of the molecule is c1cc(-c2nc(-c3ccc4ccccc4c3)nc(-c3ccc4ccccc4c3)n2)cc(-c2cncc3ccc4c5ccccc5ccc4c23)c1. The van der Waals surface area contributed by atoms with Crippen LogP contribution in [0.5, 0.6) is 0 Å². The molecule has 0 bridgehead atoms. The van der Waals surface area contributed by atoms with Crippen LogP contribution in [0.2, 0.25) is 0 Å². The van der Waals surface area contributed by atoms with E-state index >= 15 is 0 Å². The molecule has 0 N–H and O–H groups in total. The minimum atomic E-state index is 0.622. The predicted molar refractivity (Wildman–Crippen MR) is 207 cm³/mol. The third-order valence-corrected chi connectivity index (χ3v) is 9.73. The summed E-state index contributed by atoms with van der Waals surface area (Å²) in [6.07, 6.45) is 3.93. The van der Waals surface area contributed by atoms with E-state index in [1.807, 2.05) is 12.4 Å². The summed E-state index contributed by atoms with van der Waals surface area (Å²) in [6, 6.07) is 55.4. The van der Waals surface area contributed by atoms with Gasteiger partial charge in [0.1, 0.15) is 0 Å². The molecular formula is C46H28N4. The van der Waals surface area contributed by atoms with Crippen LogP contribution in [0.3, 0.4) is 0 Å². The molecule has 0 aliphatic rings. The second-order valence-corrected chi connectivity index (χ2v) is 12.7. The Morgan fingerprint density at radius 2 is 0.820 bits per heavy atom. The van der Waals surface area contributed by atoms with E-state index in [1.54, 1.807) is 0 Å². The normalized spacial score (nSPS) is 11.6. The van der Waals surface area contributed by atoms with Gasteiger partial charge in [-0.05, 0) is 66.9 Å². The number of benzene rings is 8. The summed E-state index contributed by atoms with van der Waals surface area (Å²) in [5.74, 6) is 1.90. The summed E-state index contributed by atoms with van der Waals surface area (Å²) in [4.78, 5) is 20.0. The largest absolute Gasteiger partial charge is 0.263 e. The maximum absolute atomic E-state index is 5.11. The number of nitrogens with zero attached hydrogens (tertiary/aromatic N) is 4. The van der Waals surface area contributed by atoms with Crippen molar-refractivity contribution < 1.29 is 0 Å². The third-order valence-electron chi connectivity index (χ3n) is 9.73. The fourth-order valence-corrected chi connectivity index (χ4v) is 7.23. The average Bonchev–Trinajstić information content (AvgIpc) is 3.19. The van der Waals surface area contributed by atoms with Crippen molar-refractivity contribution in [1.29, 1.82) is 0 Å². The standard InChI is InChI=1S/C46H28N4/c1-3-11-32-24-36(18-16-29(32)8-1)45-48-44(49-46(50-45)37-19-17-30-9-2-4-12-33(30)25-37)35-14-7-13-34(26-35)42-28-47-27-38-21-22-40-39-15-6-5-10-31(39)20-23-41(40)43(38)42/h1-28H. The van der Waals surface area contributed by atoms with Crippen molar-refractivity contribution in [2.24, 2.45) is 0 Å². The molecule has 232 valence electrons. The molecule has 4 nitrogen and oxygen atoms in total. The highest BCUT2D eigenvalue weighted by molar-refractivity contribution is 6.20. The quantitative estimate of drug-likeness (QED) is 0.180. The van der Waals surface area contributed by atoms with E-state index in [2.05, 4.69) is 163 Å². The van der Waals surface area contributed by atoms with Crippen LogP contribution >= 0.6 is 0 Å². The van der Waals surface area contributed by atoms with Crippen LogP contribution in [0.1, 0.15) is 0 Å². The second-order valence-electron chi connectivity index (χ2n) is 12.7. The van der Waals surface area contributed by atoms with E-state index in [0.29, 0.717) is 17.5 Å². The van der Waals surface area contributed by atoms with Crippen LogP contribution in [0.25, 0.3) is 99.2 Å². The lowest BCUT2D eigenvalue weighted by molar-refractivity contribution is 1.08. The fraction of sp³-hybridized carbons (Fsp3) is 0. The molecule has 0 fully saturated rings. The van der Waals surface area contributed by atoms with Gasteiger partial charge in [0.2, 0.25) is 0 Å². The molecule has 50 heavy (non-hydrogen) atoms. The van der Waals surface area contributed by atoms with E-state index < -0.39 is 0 Å². The van der Waals surface area contributed by atoms with E-state index in [4.69, 9.17) is 15.0 Å². The van der Waals surface area contributed by atoms with Gasteiger partial charge in [-0.15, -0.1) is 0 Å². The molecule has 2 aromatic heterocycles. The molecule has 0 unspecified atom stereocenters. The predicted octanol–water partition coefficient (Wildman–Crippen LogP) is 11.7. The van der Waals surface area contributed by atoms with Gasteiger partial charge in [-0.1, -0.05) is 140 Å². The lowest BCUT2D eigenvalue weighted by atomic mass is 9.93. The number of hydrogen-bond donors (Lipinski definition) is 0. The van der Waals surface area contributed by atoms with Gasteiger partial charge in [0.15, 0.2) is 17.5 Å². The molecule has 10 rings (SSSR count). The van der Waals surface area contributed by atoms with Crippen molar-refractivity contribution in [3.05, 3.63) is 170 Å². The van der Waals surface area contributed by atoms with Crippen molar-refractivity contribution >= 4 is 53.9 Å². The minimum Gasteiger partial charge on any atom is -0.263 e. The van der Waals surface area contributed by atoms with E-state index in [-0.39, 0.29) is 0 Å². The number of hydrogen-bond acceptors (Lipinski definition) is 4. The van der Waals surface area contributed by atoms with Crippen molar-refractivity contribution in [2.75, 3.05) is 0 Å². The van der Waals surface area contributed by atoms with Gasteiger partial charge in [-0.25, -0.2) is 15.0 Å². The minimum absolute atomic E-state index is 0.622. The summed E-state index contributed by atoms with van der Waals surface area (Å²) < 4.78 is 0. The van der Waals surface area contributed by atoms with Gasteiger partial charge in [0.05, 0.1) is 0 Å². The lowest BCUT2D eigenvalue weighted by Crippen LogP contribution is -2.00. The fourth-order valence-electron chi connectivity index (χ4n) is 7.23. The third kappa shape index (κ3) is 4.77. The Morgan fingerprint density at radius 3 is 1.50 bits per heavy atom. The zero-order valence-electron chi connectivity index (χ0n) is 27.0. The molecule has 0 spiro atoms.